The van der Waals surface area contributed by atoms with Gasteiger partial charge in [0.2, 0.25) is 0 Å². The Bertz CT molecular complexity index is 1490. The van der Waals surface area contributed by atoms with Gasteiger partial charge in [0, 0.05) is 32.3 Å². The predicted molar refractivity (Wildman–Crippen MR) is 131 cm³/mol. The van der Waals surface area contributed by atoms with Crippen LogP contribution in [0.4, 0.5) is 13.2 Å². The summed E-state index contributed by atoms with van der Waals surface area (Å²) >= 11 is 12.0. The second-order valence-electron chi connectivity index (χ2n) is 7.71. The Morgan fingerprint density at radius 2 is 1.20 bits per heavy atom. The molecule has 0 aliphatic rings. The molecule has 5 aromatic rings. The van der Waals surface area contributed by atoms with E-state index in [1.54, 1.807) is 54.6 Å². The van der Waals surface area contributed by atoms with E-state index in [9.17, 15) is 13.2 Å². The lowest BCUT2D eigenvalue weighted by molar-refractivity contribution is -0.137. The van der Waals surface area contributed by atoms with Gasteiger partial charge in [-0.25, -0.2) is 0 Å². The van der Waals surface area contributed by atoms with Crippen molar-refractivity contribution in [3.05, 3.63) is 107 Å². The first-order valence-corrected chi connectivity index (χ1v) is 11.2. The molecular formula is C27H15Cl2F3N2O. The van der Waals surface area contributed by atoms with Crippen molar-refractivity contribution >= 4 is 23.2 Å². The van der Waals surface area contributed by atoms with E-state index in [0.29, 0.717) is 32.8 Å². The first-order chi connectivity index (χ1) is 16.8. The van der Waals surface area contributed by atoms with Crippen molar-refractivity contribution in [1.29, 1.82) is 0 Å². The third-order valence-corrected chi connectivity index (χ3v) is 5.92. The zero-order chi connectivity index (χ0) is 24.6. The molecule has 2 aromatic heterocycles. The quantitative estimate of drug-likeness (QED) is 0.242. The number of alkyl halides is 3. The number of benzene rings is 3. The molecule has 8 heteroatoms. The molecule has 0 radical (unpaired) electrons. The van der Waals surface area contributed by atoms with Crippen LogP contribution in [0, 0.1) is 0 Å². The molecular weight excluding hydrogens is 496 g/mol. The van der Waals surface area contributed by atoms with Crippen LogP contribution in [0.5, 0.6) is 0 Å². The van der Waals surface area contributed by atoms with E-state index in [2.05, 4.69) is 10.2 Å². The van der Waals surface area contributed by atoms with Gasteiger partial charge in [0.15, 0.2) is 0 Å². The Morgan fingerprint density at radius 3 is 1.83 bits per heavy atom. The minimum atomic E-state index is -4.52. The van der Waals surface area contributed by atoms with Crippen molar-refractivity contribution in [2.24, 2.45) is 0 Å². The highest BCUT2D eigenvalue weighted by molar-refractivity contribution is 6.30. The van der Waals surface area contributed by atoms with E-state index in [4.69, 9.17) is 27.6 Å². The van der Waals surface area contributed by atoms with Crippen molar-refractivity contribution in [3.8, 4) is 45.2 Å². The second-order valence-corrected chi connectivity index (χ2v) is 8.59. The van der Waals surface area contributed by atoms with Crippen molar-refractivity contribution in [3.63, 3.8) is 0 Å². The summed E-state index contributed by atoms with van der Waals surface area (Å²) in [6.45, 7) is 0. The van der Waals surface area contributed by atoms with E-state index < -0.39 is 11.7 Å². The second kappa shape index (κ2) is 9.21. The summed E-state index contributed by atoms with van der Waals surface area (Å²) in [5.41, 5.74) is 2.33. The SMILES string of the molecule is FC(F)(F)c1ccccc1-c1ccc(-c2cc(-c3ccc(Cl)cc3)nnc2-c2ccc(Cl)cc2)o1. The van der Waals surface area contributed by atoms with Gasteiger partial charge in [0.25, 0.3) is 0 Å². The summed E-state index contributed by atoms with van der Waals surface area (Å²) < 4.78 is 46.7. The summed E-state index contributed by atoms with van der Waals surface area (Å²) in [6, 6.07) is 24.4. The average Bonchev–Trinajstić information content (AvgIpc) is 3.34. The Labute approximate surface area is 208 Å². The van der Waals surface area contributed by atoms with Crippen LogP contribution in [-0.4, -0.2) is 10.2 Å². The maximum absolute atomic E-state index is 13.6. The zero-order valence-corrected chi connectivity index (χ0v) is 19.4. The molecule has 0 bridgehead atoms. The van der Waals surface area contributed by atoms with Crippen molar-refractivity contribution in [1.82, 2.24) is 10.2 Å². The highest BCUT2D eigenvalue weighted by Gasteiger charge is 2.34. The maximum Gasteiger partial charge on any atom is 0.417 e. The Balaban J connectivity index is 1.66. The summed E-state index contributed by atoms with van der Waals surface area (Å²) in [5, 5.41) is 9.93. The van der Waals surface area contributed by atoms with E-state index in [-0.39, 0.29) is 11.3 Å². The van der Waals surface area contributed by atoms with Gasteiger partial charge in [-0.3, -0.25) is 0 Å². The molecule has 0 atom stereocenters. The van der Waals surface area contributed by atoms with Crippen molar-refractivity contribution in [2.45, 2.75) is 6.18 Å². The number of aromatic nitrogens is 2. The van der Waals surface area contributed by atoms with E-state index >= 15 is 0 Å². The fraction of sp³-hybridized carbons (Fsp3) is 0.0370. The van der Waals surface area contributed by atoms with Gasteiger partial charge >= 0.3 is 6.18 Å². The van der Waals surface area contributed by atoms with E-state index in [1.165, 1.54) is 18.2 Å². The van der Waals surface area contributed by atoms with Gasteiger partial charge in [0.1, 0.15) is 17.2 Å². The molecule has 5 rings (SSSR count). The number of halogens is 5. The van der Waals surface area contributed by atoms with Crippen LogP contribution >= 0.6 is 23.2 Å². The average molecular weight is 511 g/mol. The Kier molecular flexibility index (Phi) is 6.09. The largest absolute Gasteiger partial charge is 0.456 e. The van der Waals surface area contributed by atoms with Gasteiger partial charge in [-0.05, 0) is 48.5 Å². The molecule has 0 aliphatic carbocycles. The van der Waals surface area contributed by atoms with Gasteiger partial charge in [-0.15, -0.1) is 10.2 Å². The molecule has 0 amide bonds. The fourth-order valence-electron chi connectivity index (χ4n) is 3.73. The lowest BCUT2D eigenvalue weighted by Crippen LogP contribution is -2.06. The molecule has 3 nitrogen and oxygen atoms in total. The van der Waals surface area contributed by atoms with Gasteiger partial charge < -0.3 is 4.42 Å². The topological polar surface area (TPSA) is 38.9 Å². The number of rotatable bonds is 4. The lowest BCUT2D eigenvalue weighted by atomic mass is 10.0. The highest BCUT2D eigenvalue weighted by Crippen LogP contribution is 2.40. The highest BCUT2D eigenvalue weighted by atomic mass is 35.5. The molecule has 0 unspecified atom stereocenters. The third-order valence-electron chi connectivity index (χ3n) is 5.42. The minimum Gasteiger partial charge on any atom is -0.456 e. The van der Waals surface area contributed by atoms with E-state index in [1.807, 2.05) is 12.1 Å². The number of hydrogen-bond donors (Lipinski definition) is 0. The monoisotopic (exact) mass is 510 g/mol. The summed E-state index contributed by atoms with van der Waals surface area (Å²) in [6.07, 6.45) is -4.52. The van der Waals surface area contributed by atoms with Crippen LogP contribution in [0.3, 0.4) is 0 Å². The summed E-state index contributed by atoms with van der Waals surface area (Å²) in [5.74, 6) is 0.451. The zero-order valence-electron chi connectivity index (χ0n) is 17.9. The first-order valence-electron chi connectivity index (χ1n) is 10.5. The molecule has 0 saturated carbocycles. The van der Waals surface area contributed by atoms with Crippen LogP contribution < -0.4 is 0 Å². The van der Waals surface area contributed by atoms with Crippen LogP contribution in [0.25, 0.3) is 45.2 Å². The van der Waals surface area contributed by atoms with Gasteiger partial charge in [0.05, 0.1) is 11.3 Å². The molecule has 0 spiro atoms. The van der Waals surface area contributed by atoms with Crippen LogP contribution in [-0.2, 0) is 6.18 Å². The molecule has 174 valence electrons. The van der Waals surface area contributed by atoms with Gasteiger partial charge in [-0.1, -0.05) is 65.7 Å². The van der Waals surface area contributed by atoms with Crippen molar-refractivity contribution in [2.75, 3.05) is 0 Å². The van der Waals surface area contributed by atoms with Gasteiger partial charge in [-0.2, -0.15) is 13.2 Å². The molecule has 3 aromatic carbocycles. The molecule has 0 saturated heterocycles. The number of furan rings is 1. The van der Waals surface area contributed by atoms with Crippen LogP contribution in [0.1, 0.15) is 5.56 Å². The maximum atomic E-state index is 13.6. The first kappa shape index (κ1) is 23.1. The fourth-order valence-corrected chi connectivity index (χ4v) is 3.99. The number of nitrogens with zero attached hydrogens (tertiary/aromatic N) is 2. The number of hydrogen-bond acceptors (Lipinski definition) is 3. The smallest absolute Gasteiger partial charge is 0.417 e. The minimum absolute atomic E-state index is 0.0424. The molecule has 0 aliphatic heterocycles. The lowest BCUT2D eigenvalue weighted by Gasteiger charge is -2.11. The van der Waals surface area contributed by atoms with Crippen LogP contribution in [0.15, 0.2) is 95.4 Å². The normalized spacial score (nSPS) is 11.6. The molecule has 0 N–H and O–H groups in total. The molecule has 35 heavy (non-hydrogen) atoms. The third kappa shape index (κ3) is 4.81. The predicted octanol–water partition coefficient (Wildman–Crippen LogP) is 9.06. The summed E-state index contributed by atoms with van der Waals surface area (Å²) in [4.78, 5) is 0. The summed E-state index contributed by atoms with van der Waals surface area (Å²) in [7, 11) is 0. The Hall–Kier alpha value is -3.61. The molecule has 0 fully saturated rings. The van der Waals surface area contributed by atoms with E-state index in [0.717, 1.165) is 17.2 Å². The standard InChI is InChI=1S/C27H15Cl2F3N2O/c28-18-9-5-16(6-10-18)23-15-21(26(34-33-23)17-7-11-19(29)12-8-17)25-14-13-24(35-25)20-3-1-2-4-22(20)27(30,31)32/h1-15H. The Morgan fingerprint density at radius 1 is 0.629 bits per heavy atom. The van der Waals surface area contributed by atoms with Crippen LogP contribution in [0.2, 0.25) is 10.0 Å². The molecule has 2 heterocycles. The van der Waals surface area contributed by atoms with Crippen molar-refractivity contribution < 1.29 is 17.6 Å².